The predicted octanol–water partition coefficient (Wildman–Crippen LogP) is 5.94. The van der Waals surface area contributed by atoms with Gasteiger partial charge in [-0.05, 0) is 75.6 Å². The second kappa shape index (κ2) is 17.9. The number of rotatable bonds is 9. The third-order valence-corrected chi connectivity index (χ3v) is 8.11. The highest BCUT2D eigenvalue weighted by molar-refractivity contribution is 5.99. The van der Waals surface area contributed by atoms with Crippen LogP contribution in [0.2, 0.25) is 0 Å². The molecule has 11 nitrogen and oxygen atoms in total. The van der Waals surface area contributed by atoms with Crippen LogP contribution in [0, 0.1) is 5.92 Å². The average Bonchev–Trinajstić information content (AvgIpc) is 3.05. The first-order valence-electron chi connectivity index (χ1n) is 16.1. The first-order chi connectivity index (χ1) is 22.7. The van der Waals surface area contributed by atoms with E-state index < -0.39 is 43.0 Å². The van der Waals surface area contributed by atoms with E-state index in [1.807, 2.05) is 13.8 Å². The first-order valence-corrected chi connectivity index (χ1v) is 16.1. The van der Waals surface area contributed by atoms with Crippen LogP contribution in [-0.2, 0) is 9.53 Å². The number of nitrogens with zero attached hydrogens (tertiary/aromatic N) is 2. The van der Waals surface area contributed by atoms with Gasteiger partial charge in [0, 0.05) is 50.5 Å². The Bertz CT molecular complexity index is 1360. The molecule has 14 heteroatoms. The van der Waals surface area contributed by atoms with E-state index in [2.05, 4.69) is 10.6 Å². The molecular formula is C34H47F3N4O7. The molecule has 4 amide bonds. The summed E-state index contributed by atoms with van der Waals surface area (Å²) in [7, 11) is 3.21. The lowest BCUT2D eigenvalue weighted by atomic mass is 10.0. The number of urea groups is 1. The topological polar surface area (TPSA) is 130 Å². The van der Waals surface area contributed by atoms with Gasteiger partial charge < -0.3 is 39.8 Å². The van der Waals surface area contributed by atoms with Crippen LogP contribution < -0.4 is 20.1 Å². The number of methoxy groups -OCH3 is 1. The lowest BCUT2D eigenvalue weighted by Crippen LogP contribution is -2.48. The molecule has 0 bridgehead atoms. The highest BCUT2D eigenvalue weighted by Gasteiger charge is 2.32. The zero-order chi connectivity index (χ0) is 35.4. The highest BCUT2D eigenvalue weighted by Crippen LogP contribution is 2.29. The molecule has 3 rings (SSSR count). The summed E-state index contributed by atoms with van der Waals surface area (Å²) in [4.78, 5) is 42.5. The Hall–Kier alpha value is -4.04. The second-order valence-electron chi connectivity index (χ2n) is 12.2. The number of hydrogen-bond acceptors (Lipinski definition) is 7. The maximum absolute atomic E-state index is 14.2. The Balaban J connectivity index is 1.86. The van der Waals surface area contributed by atoms with Crippen molar-refractivity contribution in [1.29, 1.82) is 0 Å². The first kappa shape index (κ1) is 38.4. The van der Waals surface area contributed by atoms with Gasteiger partial charge in [0.05, 0.1) is 44.0 Å². The van der Waals surface area contributed by atoms with Gasteiger partial charge in [0.25, 0.3) is 5.91 Å². The van der Waals surface area contributed by atoms with Gasteiger partial charge in [-0.15, -0.1) is 0 Å². The Labute approximate surface area is 279 Å². The van der Waals surface area contributed by atoms with Crippen molar-refractivity contribution < 1.29 is 46.9 Å². The molecule has 48 heavy (non-hydrogen) atoms. The highest BCUT2D eigenvalue weighted by atomic mass is 19.4. The maximum Gasteiger partial charge on any atom is 0.389 e. The number of likely N-dealkylation sites (N-methyl/N-ethyl adjacent to an activating group) is 1. The minimum absolute atomic E-state index is 0.0912. The summed E-state index contributed by atoms with van der Waals surface area (Å²) in [6.07, 6.45) is -5.15. The van der Waals surface area contributed by atoms with E-state index in [4.69, 9.17) is 14.2 Å². The number of carbonyl (C=O) groups excluding carboxylic acids is 3. The number of alkyl halides is 3. The molecule has 0 spiro atoms. The van der Waals surface area contributed by atoms with Gasteiger partial charge in [-0.25, -0.2) is 4.79 Å². The summed E-state index contributed by atoms with van der Waals surface area (Å²) in [5.41, 5.74) is 0.822. The third kappa shape index (κ3) is 11.9. The van der Waals surface area contributed by atoms with Gasteiger partial charge in [-0.3, -0.25) is 9.59 Å². The molecule has 4 atom stereocenters. The van der Waals surface area contributed by atoms with Crippen molar-refractivity contribution in [3.63, 3.8) is 0 Å². The lowest BCUT2D eigenvalue weighted by molar-refractivity contribution is -0.142. The fourth-order valence-corrected chi connectivity index (χ4v) is 5.19. The van der Waals surface area contributed by atoms with Crippen LogP contribution >= 0.6 is 0 Å². The van der Waals surface area contributed by atoms with E-state index in [1.165, 1.54) is 28.0 Å². The third-order valence-electron chi connectivity index (χ3n) is 8.11. The minimum Gasteiger partial charge on any atom is -0.497 e. The monoisotopic (exact) mass is 680 g/mol. The molecular weight excluding hydrogens is 633 g/mol. The van der Waals surface area contributed by atoms with Gasteiger partial charge in [-0.2, -0.15) is 13.2 Å². The molecule has 0 saturated heterocycles. The summed E-state index contributed by atoms with van der Waals surface area (Å²) in [6.45, 7) is 5.86. The predicted molar refractivity (Wildman–Crippen MR) is 175 cm³/mol. The van der Waals surface area contributed by atoms with Crippen LogP contribution in [0.15, 0.2) is 42.5 Å². The number of ether oxygens (including phenoxy) is 3. The molecule has 2 aromatic rings. The summed E-state index contributed by atoms with van der Waals surface area (Å²) in [6, 6.07) is 10.3. The number of benzene rings is 2. The van der Waals surface area contributed by atoms with E-state index in [-0.39, 0.29) is 54.7 Å². The quantitative estimate of drug-likeness (QED) is 0.299. The molecule has 3 N–H and O–H groups in total. The van der Waals surface area contributed by atoms with Gasteiger partial charge in [-0.1, -0.05) is 6.92 Å². The molecule has 1 aliphatic heterocycles. The van der Waals surface area contributed by atoms with Crippen molar-refractivity contribution in [3.05, 3.63) is 48.0 Å². The summed E-state index contributed by atoms with van der Waals surface area (Å²) >= 11 is 0. The molecule has 0 fully saturated rings. The molecule has 1 aliphatic rings. The van der Waals surface area contributed by atoms with Crippen molar-refractivity contribution in [2.45, 2.75) is 77.3 Å². The fourth-order valence-electron chi connectivity index (χ4n) is 5.19. The van der Waals surface area contributed by atoms with E-state index in [0.29, 0.717) is 24.5 Å². The van der Waals surface area contributed by atoms with E-state index in [9.17, 15) is 32.7 Å². The van der Waals surface area contributed by atoms with Gasteiger partial charge >= 0.3 is 12.2 Å². The summed E-state index contributed by atoms with van der Waals surface area (Å²) in [5, 5.41) is 15.4. The number of nitrogens with one attached hydrogen (secondary N) is 2. The van der Waals surface area contributed by atoms with E-state index in [0.717, 1.165) is 12.8 Å². The number of anilines is 2. The molecule has 0 radical (unpaired) electrons. The molecule has 266 valence electrons. The summed E-state index contributed by atoms with van der Waals surface area (Å²) in [5.74, 6) is -0.744. The smallest absolute Gasteiger partial charge is 0.389 e. The lowest BCUT2D eigenvalue weighted by Gasteiger charge is -2.35. The van der Waals surface area contributed by atoms with Crippen LogP contribution in [-0.4, -0.2) is 97.6 Å². The van der Waals surface area contributed by atoms with E-state index in [1.54, 1.807) is 45.3 Å². The van der Waals surface area contributed by atoms with Crippen molar-refractivity contribution >= 4 is 29.2 Å². The van der Waals surface area contributed by atoms with Crippen LogP contribution in [0.25, 0.3) is 0 Å². The molecule has 0 aliphatic carbocycles. The number of amides is 4. The fraction of sp³-hybridized carbons (Fsp3) is 0.559. The Morgan fingerprint density at radius 3 is 2.44 bits per heavy atom. The van der Waals surface area contributed by atoms with Gasteiger partial charge in [0.1, 0.15) is 11.5 Å². The number of aliphatic hydroxyl groups is 1. The Morgan fingerprint density at radius 2 is 1.79 bits per heavy atom. The zero-order valence-corrected chi connectivity index (χ0v) is 28.1. The maximum atomic E-state index is 14.2. The number of carbonyl (C=O) groups is 3. The van der Waals surface area contributed by atoms with Crippen LogP contribution in [0.3, 0.4) is 0 Å². The largest absolute Gasteiger partial charge is 0.497 e. The molecule has 0 aromatic heterocycles. The number of halogens is 3. The number of hydrogen-bond donors (Lipinski definition) is 3. The van der Waals surface area contributed by atoms with Crippen molar-refractivity contribution in [1.82, 2.24) is 9.80 Å². The average molecular weight is 681 g/mol. The van der Waals surface area contributed by atoms with Crippen LogP contribution in [0.1, 0.15) is 63.2 Å². The van der Waals surface area contributed by atoms with Crippen LogP contribution in [0.5, 0.6) is 11.5 Å². The Kier molecular flexibility index (Phi) is 14.3. The molecule has 2 aromatic carbocycles. The van der Waals surface area contributed by atoms with E-state index >= 15 is 0 Å². The minimum atomic E-state index is -4.48. The van der Waals surface area contributed by atoms with Crippen molar-refractivity contribution in [2.24, 2.45) is 5.92 Å². The molecule has 1 heterocycles. The number of fused-ring (bicyclic) bond motifs is 1. The molecule has 0 unspecified atom stereocenters. The van der Waals surface area contributed by atoms with Crippen molar-refractivity contribution in [3.8, 4) is 11.5 Å². The zero-order valence-electron chi connectivity index (χ0n) is 28.1. The standard InChI is InChI=1S/C34H47F3N4O7/c1-22-19-41(23(2)21-42)32(44)28-18-26(38-31(43)15-16-34(35,36)37)11-14-29(28)48-24(3)8-6-7-17-47-30(22)20-40(4)33(45)39-25-9-12-27(46-5)13-10-25/h9-14,18,22-24,30,42H,6-8,15-17,19-21H2,1-5H3,(H,38,43)(H,39,45)/t22-,23+,24-,30-/m0/s1. The SMILES string of the molecule is COc1ccc(NC(=O)N(C)C[C@@H]2OCCCC[C@H](C)Oc3ccc(NC(=O)CCC(F)(F)F)cc3C(=O)N([C@H](C)CO)C[C@@H]2C)cc1. The van der Waals surface area contributed by atoms with Crippen molar-refractivity contribution in [2.75, 3.05) is 51.1 Å². The van der Waals surface area contributed by atoms with Gasteiger partial charge in [0.2, 0.25) is 5.91 Å². The van der Waals surface area contributed by atoms with Crippen LogP contribution in [0.4, 0.5) is 29.3 Å². The number of aliphatic hydroxyl groups excluding tert-OH is 1. The molecule has 0 saturated carbocycles. The van der Waals surface area contributed by atoms with Gasteiger partial charge in [0.15, 0.2) is 0 Å². The normalized spacial score (nSPS) is 20.1. The summed E-state index contributed by atoms with van der Waals surface area (Å²) < 4.78 is 55.6. The second-order valence-corrected chi connectivity index (χ2v) is 12.2. The Morgan fingerprint density at radius 1 is 1.10 bits per heavy atom.